The highest BCUT2D eigenvalue weighted by molar-refractivity contribution is 7.17. The number of hydrogen-bond acceptors (Lipinski definition) is 3. The molecule has 126 valence electrons. The highest BCUT2D eigenvalue weighted by Gasteiger charge is 2.38. The summed E-state index contributed by atoms with van der Waals surface area (Å²) in [6.45, 7) is 4.00. The van der Waals surface area contributed by atoms with Crippen LogP contribution >= 0.6 is 23.7 Å². The number of hydrogen-bond donors (Lipinski definition) is 1. The second-order valence-electron chi connectivity index (χ2n) is 7.01. The van der Waals surface area contributed by atoms with Gasteiger partial charge in [0.25, 0.3) is 5.91 Å². The number of nitrogens with one attached hydrogen (secondary N) is 1. The fourth-order valence-corrected chi connectivity index (χ4v) is 5.59. The molecule has 3 aliphatic rings. The van der Waals surface area contributed by atoms with Gasteiger partial charge in [-0.1, -0.05) is 24.3 Å². The molecule has 1 amide bonds. The van der Waals surface area contributed by atoms with E-state index in [4.69, 9.17) is 0 Å². The van der Waals surface area contributed by atoms with Gasteiger partial charge in [-0.05, 0) is 47.4 Å². The number of likely N-dealkylation sites (tertiary alicyclic amines) is 1. The second-order valence-corrected chi connectivity index (χ2v) is 8.06. The van der Waals surface area contributed by atoms with Gasteiger partial charge in [0.2, 0.25) is 0 Å². The maximum absolute atomic E-state index is 12.9. The number of amides is 1. The lowest BCUT2D eigenvalue weighted by Gasteiger charge is -2.16. The molecule has 2 saturated heterocycles. The molecule has 1 aliphatic carbocycles. The summed E-state index contributed by atoms with van der Waals surface area (Å²) in [5.41, 5.74) is 4.11. The summed E-state index contributed by atoms with van der Waals surface area (Å²) in [6.07, 6.45) is 2.15. The fraction of sp³-hybridized carbons (Fsp3) is 0.421. The molecule has 2 aliphatic heterocycles. The quantitative estimate of drug-likeness (QED) is 0.846. The number of benzene rings is 1. The molecule has 1 aromatic heterocycles. The molecule has 0 spiro atoms. The van der Waals surface area contributed by atoms with Crippen LogP contribution in [0.25, 0.3) is 10.4 Å². The largest absolute Gasteiger partial charge is 0.337 e. The van der Waals surface area contributed by atoms with E-state index in [0.29, 0.717) is 11.8 Å². The third-order valence-corrected chi connectivity index (χ3v) is 6.82. The first-order chi connectivity index (χ1) is 11.3. The topological polar surface area (TPSA) is 32.3 Å². The van der Waals surface area contributed by atoms with E-state index in [1.165, 1.54) is 21.6 Å². The van der Waals surface area contributed by atoms with E-state index in [9.17, 15) is 4.79 Å². The molecule has 3 nitrogen and oxygen atoms in total. The maximum Gasteiger partial charge on any atom is 0.263 e. The first-order valence-corrected chi connectivity index (χ1v) is 9.32. The van der Waals surface area contributed by atoms with E-state index in [1.807, 2.05) is 0 Å². The minimum Gasteiger partial charge on any atom is -0.337 e. The number of nitrogens with zero attached hydrogens (tertiary/aromatic N) is 1. The van der Waals surface area contributed by atoms with Gasteiger partial charge < -0.3 is 10.2 Å². The number of rotatable bonds is 1. The van der Waals surface area contributed by atoms with Crippen molar-refractivity contribution in [2.24, 2.45) is 11.8 Å². The van der Waals surface area contributed by atoms with Crippen molar-refractivity contribution in [3.63, 3.8) is 0 Å². The first kappa shape index (κ1) is 16.1. The molecule has 2 fully saturated rings. The Morgan fingerprint density at radius 2 is 1.79 bits per heavy atom. The molecule has 0 bridgehead atoms. The van der Waals surface area contributed by atoms with Crippen LogP contribution in [-0.2, 0) is 12.8 Å². The summed E-state index contributed by atoms with van der Waals surface area (Å²) in [4.78, 5) is 17.3. The van der Waals surface area contributed by atoms with Crippen LogP contribution in [0.3, 0.4) is 0 Å². The number of carbonyl (C=O) groups is 1. The van der Waals surface area contributed by atoms with Crippen LogP contribution < -0.4 is 5.32 Å². The molecule has 0 saturated carbocycles. The van der Waals surface area contributed by atoms with Crippen LogP contribution in [0.5, 0.6) is 0 Å². The van der Waals surface area contributed by atoms with E-state index in [2.05, 4.69) is 40.5 Å². The van der Waals surface area contributed by atoms with Crippen molar-refractivity contribution in [3.8, 4) is 10.4 Å². The number of halogens is 1. The minimum absolute atomic E-state index is 0. The lowest BCUT2D eigenvalue weighted by Crippen LogP contribution is -2.31. The molecule has 0 unspecified atom stereocenters. The summed E-state index contributed by atoms with van der Waals surface area (Å²) in [6, 6.07) is 10.8. The zero-order valence-electron chi connectivity index (χ0n) is 13.5. The fourth-order valence-electron chi connectivity index (χ4n) is 4.35. The molecule has 2 aromatic rings. The third-order valence-electron chi connectivity index (χ3n) is 5.62. The smallest absolute Gasteiger partial charge is 0.263 e. The summed E-state index contributed by atoms with van der Waals surface area (Å²) >= 11 is 1.69. The normalized spacial score (nSPS) is 24.1. The first-order valence-electron chi connectivity index (χ1n) is 8.50. The second kappa shape index (κ2) is 6.17. The van der Waals surface area contributed by atoms with E-state index >= 15 is 0 Å². The lowest BCUT2D eigenvalue weighted by molar-refractivity contribution is 0.0786. The van der Waals surface area contributed by atoms with E-state index in [-0.39, 0.29) is 18.3 Å². The molecule has 1 N–H and O–H groups in total. The Morgan fingerprint density at radius 1 is 1.08 bits per heavy atom. The molecule has 5 rings (SSSR count). The number of carbonyl (C=O) groups excluding carboxylic acids is 1. The van der Waals surface area contributed by atoms with Crippen molar-refractivity contribution in [2.45, 2.75) is 12.8 Å². The Hall–Kier alpha value is -1.36. The van der Waals surface area contributed by atoms with Crippen molar-refractivity contribution in [1.82, 2.24) is 10.2 Å². The van der Waals surface area contributed by atoms with Gasteiger partial charge >= 0.3 is 0 Å². The van der Waals surface area contributed by atoms with Crippen molar-refractivity contribution >= 4 is 29.7 Å². The number of aryl methyl sites for hydroxylation is 2. The van der Waals surface area contributed by atoms with Gasteiger partial charge in [0, 0.05) is 31.1 Å². The molecule has 1 aromatic carbocycles. The van der Waals surface area contributed by atoms with Gasteiger partial charge in [-0.3, -0.25) is 4.79 Å². The summed E-state index contributed by atoms with van der Waals surface area (Å²) in [5, 5.41) is 3.44. The van der Waals surface area contributed by atoms with Gasteiger partial charge in [0.15, 0.2) is 0 Å². The van der Waals surface area contributed by atoms with Crippen molar-refractivity contribution < 1.29 is 4.79 Å². The molecule has 2 atom stereocenters. The van der Waals surface area contributed by atoms with Crippen LogP contribution in [-0.4, -0.2) is 37.0 Å². The van der Waals surface area contributed by atoms with Gasteiger partial charge in [-0.25, -0.2) is 0 Å². The highest BCUT2D eigenvalue weighted by Crippen LogP contribution is 2.40. The third kappa shape index (κ3) is 2.48. The van der Waals surface area contributed by atoms with Crippen molar-refractivity contribution in [2.75, 3.05) is 26.2 Å². The van der Waals surface area contributed by atoms with E-state index in [1.54, 1.807) is 11.3 Å². The molecular formula is C19H21ClN2OS. The standard InChI is InChI=1S/C19H20N2OS.ClH/c22-19(21-10-14-8-20-9-15(14)11-21)17-7-13-6-5-12-3-1-2-4-16(12)18(13)23-17;/h1-4,7,14-15,20H,5-6,8-11H2;1H/t14-,15+;. The predicted molar refractivity (Wildman–Crippen MR) is 100 cm³/mol. The summed E-state index contributed by atoms with van der Waals surface area (Å²) < 4.78 is 0. The van der Waals surface area contributed by atoms with Gasteiger partial charge in [-0.15, -0.1) is 23.7 Å². The van der Waals surface area contributed by atoms with E-state index < -0.39 is 0 Å². The Labute approximate surface area is 152 Å². The summed E-state index contributed by atoms with van der Waals surface area (Å²) in [5.74, 6) is 1.57. The molecule has 0 radical (unpaired) electrons. The monoisotopic (exact) mass is 360 g/mol. The van der Waals surface area contributed by atoms with Gasteiger partial charge in [0.05, 0.1) is 4.88 Å². The molecule has 24 heavy (non-hydrogen) atoms. The highest BCUT2D eigenvalue weighted by atomic mass is 35.5. The van der Waals surface area contributed by atoms with Crippen LogP contribution in [0.15, 0.2) is 30.3 Å². The van der Waals surface area contributed by atoms with Crippen LogP contribution in [0.2, 0.25) is 0 Å². The minimum atomic E-state index is 0. The summed E-state index contributed by atoms with van der Waals surface area (Å²) in [7, 11) is 0. The van der Waals surface area contributed by atoms with Crippen molar-refractivity contribution in [3.05, 3.63) is 46.3 Å². The van der Waals surface area contributed by atoms with Crippen LogP contribution in [0.1, 0.15) is 20.8 Å². The zero-order valence-corrected chi connectivity index (χ0v) is 15.1. The lowest BCUT2D eigenvalue weighted by atomic mass is 9.91. The Kier molecular flexibility index (Phi) is 4.15. The maximum atomic E-state index is 12.9. The van der Waals surface area contributed by atoms with Crippen LogP contribution in [0.4, 0.5) is 0 Å². The molecule has 3 heterocycles. The van der Waals surface area contributed by atoms with Gasteiger partial charge in [0.1, 0.15) is 0 Å². The predicted octanol–water partition coefficient (Wildman–Crippen LogP) is 3.23. The number of thiophene rings is 1. The molecular weight excluding hydrogens is 340 g/mol. The van der Waals surface area contributed by atoms with Crippen molar-refractivity contribution in [1.29, 1.82) is 0 Å². The average molecular weight is 361 g/mol. The molecule has 5 heteroatoms. The van der Waals surface area contributed by atoms with Gasteiger partial charge in [-0.2, -0.15) is 0 Å². The number of fused-ring (bicyclic) bond motifs is 4. The SMILES string of the molecule is Cl.O=C(c1cc2c(s1)-c1ccccc1CC2)N1C[C@H]2CNC[C@H]2C1. The average Bonchev–Trinajstić information content (AvgIpc) is 3.27. The Bertz CT molecular complexity index is 775. The zero-order chi connectivity index (χ0) is 15.4. The van der Waals surface area contributed by atoms with Crippen LogP contribution in [0, 0.1) is 11.8 Å². The Balaban J connectivity index is 0.00000146. The Morgan fingerprint density at radius 3 is 2.58 bits per heavy atom. The van der Waals surface area contributed by atoms with E-state index in [0.717, 1.165) is 43.9 Å².